The molecule has 0 aliphatic carbocycles. The molecule has 0 aliphatic heterocycles. The van der Waals surface area contributed by atoms with Gasteiger partial charge in [-0.15, -0.1) is 0 Å². The molecule has 0 spiro atoms. The zero-order valence-corrected chi connectivity index (χ0v) is 13.8. The van der Waals surface area contributed by atoms with Gasteiger partial charge in [-0.1, -0.05) is 0 Å². The van der Waals surface area contributed by atoms with Gasteiger partial charge in [-0.05, 0) is 38.1 Å². The van der Waals surface area contributed by atoms with Crippen LogP contribution in [0, 0.1) is 13.8 Å². The number of benzene rings is 1. The normalized spacial score (nSPS) is 10.6. The standard InChI is InChI=1S/C16H19N7O/c1-11-16(12(2)22(3)21-11)20-15(24)8-18-13-4-6-14(7-5-13)23-10-17-9-19-23/h4-7,9-10,18H,8H2,1-3H3,(H,20,24). The molecule has 0 aliphatic rings. The van der Waals surface area contributed by atoms with Gasteiger partial charge in [0.2, 0.25) is 5.91 Å². The second kappa shape index (κ2) is 6.53. The summed E-state index contributed by atoms with van der Waals surface area (Å²) in [4.78, 5) is 16.0. The van der Waals surface area contributed by atoms with Gasteiger partial charge >= 0.3 is 0 Å². The fraction of sp³-hybridized carbons (Fsp3) is 0.250. The lowest BCUT2D eigenvalue weighted by Crippen LogP contribution is -2.22. The van der Waals surface area contributed by atoms with Crippen LogP contribution < -0.4 is 10.6 Å². The molecule has 0 saturated carbocycles. The van der Waals surface area contributed by atoms with E-state index in [9.17, 15) is 4.79 Å². The Hall–Kier alpha value is -3.16. The van der Waals surface area contributed by atoms with E-state index < -0.39 is 0 Å². The van der Waals surface area contributed by atoms with Crippen LogP contribution in [0.4, 0.5) is 11.4 Å². The Morgan fingerprint density at radius 3 is 2.54 bits per heavy atom. The number of carbonyl (C=O) groups is 1. The van der Waals surface area contributed by atoms with Crippen LogP contribution in [0.1, 0.15) is 11.4 Å². The van der Waals surface area contributed by atoms with E-state index in [1.807, 2.05) is 45.2 Å². The van der Waals surface area contributed by atoms with E-state index in [0.717, 1.165) is 28.5 Å². The molecule has 1 amide bonds. The molecule has 1 aromatic carbocycles. The summed E-state index contributed by atoms with van der Waals surface area (Å²) >= 11 is 0. The van der Waals surface area contributed by atoms with Gasteiger partial charge < -0.3 is 10.6 Å². The van der Waals surface area contributed by atoms with Gasteiger partial charge in [0.1, 0.15) is 12.7 Å². The summed E-state index contributed by atoms with van der Waals surface area (Å²) in [5.41, 5.74) is 4.27. The molecule has 0 atom stereocenters. The average molecular weight is 325 g/mol. The highest BCUT2D eigenvalue weighted by Gasteiger charge is 2.12. The highest BCUT2D eigenvalue weighted by molar-refractivity contribution is 5.94. The predicted octanol–water partition coefficient (Wildman–Crippen LogP) is 1.67. The third kappa shape index (κ3) is 3.27. The van der Waals surface area contributed by atoms with Crippen LogP contribution in [0.15, 0.2) is 36.9 Å². The van der Waals surface area contributed by atoms with Gasteiger partial charge in [0.05, 0.1) is 29.3 Å². The third-order valence-electron chi connectivity index (χ3n) is 3.78. The molecule has 2 heterocycles. The minimum atomic E-state index is -0.116. The van der Waals surface area contributed by atoms with E-state index >= 15 is 0 Å². The quantitative estimate of drug-likeness (QED) is 0.745. The van der Waals surface area contributed by atoms with Crippen molar-refractivity contribution >= 4 is 17.3 Å². The van der Waals surface area contributed by atoms with Gasteiger partial charge in [0.25, 0.3) is 0 Å². The summed E-state index contributed by atoms with van der Waals surface area (Å²) in [6.07, 6.45) is 3.12. The molecular formula is C16H19N7O. The zero-order valence-electron chi connectivity index (χ0n) is 13.8. The molecule has 8 nitrogen and oxygen atoms in total. The number of aromatic nitrogens is 5. The van der Waals surface area contributed by atoms with E-state index in [1.54, 1.807) is 15.7 Å². The molecule has 2 N–H and O–H groups in total. The van der Waals surface area contributed by atoms with Crippen molar-refractivity contribution in [1.29, 1.82) is 0 Å². The number of aryl methyl sites for hydroxylation is 2. The predicted molar refractivity (Wildman–Crippen MR) is 91.2 cm³/mol. The Bertz CT molecular complexity index is 834. The summed E-state index contributed by atoms with van der Waals surface area (Å²) in [6, 6.07) is 7.60. The number of rotatable bonds is 5. The van der Waals surface area contributed by atoms with Gasteiger partial charge in [-0.25, -0.2) is 9.67 Å². The smallest absolute Gasteiger partial charge is 0.243 e. The first-order chi connectivity index (χ1) is 11.5. The molecule has 124 valence electrons. The van der Waals surface area contributed by atoms with Crippen LogP contribution in [-0.2, 0) is 11.8 Å². The van der Waals surface area contributed by atoms with Crippen LogP contribution in [0.25, 0.3) is 5.69 Å². The summed E-state index contributed by atoms with van der Waals surface area (Å²) < 4.78 is 3.42. The molecule has 3 aromatic rings. The lowest BCUT2D eigenvalue weighted by Gasteiger charge is -2.09. The number of hydrogen-bond acceptors (Lipinski definition) is 5. The zero-order chi connectivity index (χ0) is 17.1. The summed E-state index contributed by atoms with van der Waals surface area (Å²) in [7, 11) is 1.85. The van der Waals surface area contributed by atoms with Gasteiger partial charge in [0, 0.05) is 12.7 Å². The topological polar surface area (TPSA) is 89.7 Å². The average Bonchev–Trinajstić information content (AvgIpc) is 3.18. The van der Waals surface area contributed by atoms with Crippen molar-refractivity contribution in [2.75, 3.05) is 17.2 Å². The van der Waals surface area contributed by atoms with Crippen LogP contribution in [0.2, 0.25) is 0 Å². The Balaban J connectivity index is 1.58. The largest absolute Gasteiger partial charge is 0.376 e. The molecule has 0 unspecified atom stereocenters. The minimum absolute atomic E-state index is 0.116. The Morgan fingerprint density at radius 1 is 1.21 bits per heavy atom. The summed E-state index contributed by atoms with van der Waals surface area (Å²) in [5.74, 6) is -0.116. The highest BCUT2D eigenvalue weighted by atomic mass is 16.1. The van der Waals surface area contributed by atoms with Gasteiger partial charge in [0.15, 0.2) is 0 Å². The molecule has 24 heavy (non-hydrogen) atoms. The molecule has 2 aromatic heterocycles. The van der Waals surface area contributed by atoms with E-state index in [-0.39, 0.29) is 12.5 Å². The van der Waals surface area contributed by atoms with Crippen LogP contribution in [-0.4, -0.2) is 37.0 Å². The first kappa shape index (κ1) is 15.7. The first-order valence-corrected chi connectivity index (χ1v) is 7.53. The lowest BCUT2D eigenvalue weighted by molar-refractivity contribution is -0.114. The van der Waals surface area contributed by atoms with E-state index in [2.05, 4.69) is 25.8 Å². The fourth-order valence-electron chi connectivity index (χ4n) is 2.39. The number of nitrogens with one attached hydrogen (secondary N) is 2. The third-order valence-corrected chi connectivity index (χ3v) is 3.78. The van der Waals surface area contributed by atoms with Gasteiger partial charge in [-0.2, -0.15) is 10.2 Å². The minimum Gasteiger partial charge on any atom is -0.376 e. The summed E-state index contributed by atoms with van der Waals surface area (Å²) in [6.45, 7) is 3.97. The van der Waals surface area contributed by atoms with Gasteiger partial charge in [-0.3, -0.25) is 9.48 Å². The molecule has 8 heteroatoms. The molecule has 3 rings (SSSR count). The maximum atomic E-state index is 12.1. The fourth-order valence-corrected chi connectivity index (χ4v) is 2.39. The second-order valence-corrected chi connectivity index (χ2v) is 5.46. The number of anilines is 2. The van der Waals surface area contributed by atoms with Crippen molar-refractivity contribution in [3.8, 4) is 5.69 Å². The Morgan fingerprint density at radius 2 is 1.96 bits per heavy atom. The van der Waals surface area contributed by atoms with Crippen LogP contribution in [0.3, 0.4) is 0 Å². The number of hydrogen-bond donors (Lipinski definition) is 2. The highest BCUT2D eigenvalue weighted by Crippen LogP contribution is 2.18. The second-order valence-electron chi connectivity index (χ2n) is 5.46. The molecule has 0 radical (unpaired) electrons. The Labute approximate surface area is 139 Å². The number of nitrogens with zero attached hydrogens (tertiary/aromatic N) is 5. The molecule has 0 bridgehead atoms. The molecule has 0 saturated heterocycles. The van der Waals surface area contributed by atoms with E-state index in [4.69, 9.17) is 0 Å². The lowest BCUT2D eigenvalue weighted by atomic mass is 10.2. The maximum absolute atomic E-state index is 12.1. The van der Waals surface area contributed by atoms with Crippen molar-refractivity contribution in [3.63, 3.8) is 0 Å². The SMILES string of the molecule is Cc1nn(C)c(C)c1NC(=O)CNc1ccc(-n2cncn2)cc1. The van der Waals surface area contributed by atoms with Crippen molar-refractivity contribution in [1.82, 2.24) is 24.5 Å². The van der Waals surface area contributed by atoms with Crippen LogP contribution in [0.5, 0.6) is 0 Å². The molecule has 0 fully saturated rings. The summed E-state index contributed by atoms with van der Waals surface area (Å²) in [5, 5.41) is 14.3. The van der Waals surface area contributed by atoms with E-state index in [1.165, 1.54) is 6.33 Å². The Kier molecular flexibility index (Phi) is 4.28. The van der Waals surface area contributed by atoms with Crippen molar-refractivity contribution in [2.45, 2.75) is 13.8 Å². The van der Waals surface area contributed by atoms with E-state index in [0.29, 0.717) is 0 Å². The van der Waals surface area contributed by atoms with Crippen LogP contribution >= 0.6 is 0 Å². The van der Waals surface area contributed by atoms with Crippen molar-refractivity contribution in [3.05, 3.63) is 48.3 Å². The maximum Gasteiger partial charge on any atom is 0.243 e. The molecular weight excluding hydrogens is 306 g/mol. The first-order valence-electron chi connectivity index (χ1n) is 7.53. The number of amides is 1. The number of carbonyl (C=O) groups excluding carboxylic acids is 1. The van der Waals surface area contributed by atoms with Crippen molar-refractivity contribution < 1.29 is 4.79 Å². The van der Waals surface area contributed by atoms with Crippen molar-refractivity contribution in [2.24, 2.45) is 7.05 Å². The monoisotopic (exact) mass is 325 g/mol.